The van der Waals surface area contributed by atoms with Gasteiger partial charge in [0.05, 0.1) is 23.5 Å². The van der Waals surface area contributed by atoms with E-state index >= 15 is 0 Å². The van der Waals surface area contributed by atoms with E-state index in [0.717, 1.165) is 5.56 Å². The standard InChI is InChI=1S/C20H17ClN4O2S/c1-13-23-19(25-27-13)11-28-12-20(26)24-15-7-8-16(18(21)9-15)17(10-22)14-5-3-2-4-6-14/h2-9,17H,11-12H2,1H3,(H,24,26). The fourth-order valence-electron chi connectivity index (χ4n) is 2.64. The molecule has 1 amide bonds. The minimum atomic E-state index is -0.465. The molecule has 0 saturated heterocycles. The number of nitrogens with one attached hydrogen (secondary N) is 1. The zero-order chi connectivity index (χ0) is 19.9. The molecule has 0 aliphatic carbocycles. The van der Waals surface area contributed by atoms with Crippen LogP contribution in [0, 0.1) is 18.3 Å². The largest absolute Gasteiger partial charge is 0.340 e. The van der Waals surface area contributed by atoms with E-state index in [1.807, 2.05) is 30.3 Å². The number of nitrogens with zero attached hydrogens (tertiary/aromatic N) is 3. The van der Waals surface area contributed by atoms with Gasteiger partial charge in [-0.3, -0.25) is 4.79 Å². The molecule has 6 nitrogen and oxygen atoms in total. The number of rotatable bonds is 7. The molecule has 8 heteroatoms. The first-order chi connectivity index (χ1) is 13.6. The Morgan fingerprint density at radius 1 is 1.32 bits per heavy atom. The molecule has 0 aliphatic heterocycles. The predicted octanol–water partition coefficient (Wildman–Crippen LogP) is 4.56. The van der Waals surface area contributed by atoms with Gasteiger partial charge in [0, 0.05) is 17.6 Å². The summed E-state index contributed by atoms with van der Waals surface area (Å²) in [5, 5.41) is 16.6. The van der Waals surface area contributed by atoms with E-state index in [-0.39, 0.29) is 11.7 Å². The molecule has 3 rings (SSSR count). The van der Waals surface area contributed by atoms with Crippen molar-refractivity contribution in [3.8, 4) is 6.07 Å². The summed E-state index contributed by atoms with van der Waals surface area (Å²) in [7, 11) is 0. The Morgan fingerprint density at radius 3 is 2.75 bits per heavy atom. The van der Waals surface area contributed by atoms with Crippen molar-refractivity contribution in [3.05, 3.63) is 76.4 Å². The third-order valence-electron chi connectivity index (χ3n) is 3.89. The lowest BCUT2D eigenvalue weighted by Crippen LogP contribution is -2.14. The van der Waals surface area contributed by atoms with Crippen molar-refractivity contribution in [2.75, 3.05) is 11.1 Å². The smallest absolute Gasteiger partial charge is 0.234 e. The van der Waals surface area contributed by atoms with Crippen molar-refractivity contribution < 1.29 is 9.32 Å². The van der Waals surface area contributed by atoms with Gasteiger partial charge in [-0.1, -0.05) is 53.2 Å². The number of hydrogen-bond acceptors (Lipinski definition) is 6. The zero-order valence-electron chi connectivity index (χ0n) is 15.1. The molecule has 0 aliphatic rings. The normalized spacial score (nSPS) is 11.6. The first-order valence-corrected chi connectivity index (χ1v) is 10.0. The van der Waals surface area contributed by atoms with E-state index in [4.69, 9.17) is 16.1 Å². The molecule has 2 aromatic carbocycles. The molecule has 0 spiro atoms. The van der Waals surface area contributed by atoms with Gasteiger partial charge in [0.1, 0.15) is 0 Å². The van der Waals surface area contributed by atoms with Crippen LogP contribution in [-0.4, -0.2) is 21.8 Å². The monoisotopic (exact) mass is 412 g/mol. The molecule has 1 N–H and O–H groups in total. The Morgan fingerprint density at radius 2 is 2.11 bits per heavy atom. The molecule has 1 atom stereocenters. The van der Waals surface area contributed by atoms with E-state index < -0.39 is 5.92 Å². The average molecular weight is 413 g/mol. The minimum Gasteiger partial charge on any atom is -0.340 e. The molecule has 0 bridgehead atoms. The molecule has 28 heavy (non-hydrogen) atoms. The summed E-state index contributed by atoms with van der Waals surface area (Å²) < 4.78 is 4.89. The Hall–Kier alpha value is -2.82. The van der Waals surface area contributed by atoms with Gasteiger partial charge in [-0.2, -0.15) is 10.2 Å². The van der Waals surface area contributed by atoms with Gasteiger partial charge < -0.3 is 9.84 Å². The van der Waals surface area contributed by atoms with Crippen LogP contribution in [0.25, 0.3) is 0 Å². The van der Waals surface area contributed by atoms with Crippen molar-refractivity contribution in [3.63, 3.8) is 0 Å². The Labute approximate surface area is 171 Å². The summed E-state index contributed by atoms with van der Waals surface area (Å²) in [4.78, 5) is 16.2. The first kappa shape index (κ1) is 19.9. The zero-order valence-corrected chi connectivity index (χ0v) is 16.6. The van der Waals surface area contributed by atoms with Gasteiger partial charge in [-0.05, 0) is 23.3 Å². The number of nitriles is 1. The molecular formula is C20H17ClN4O2S. The quantitative estimate of drug-likeness (QED) is 0.611. The fraction of sp³-hybridized carbons (Fsp3) is 0.200. The molecular weight excluding hydrogens is 396 g/mol. The second-order valence-electron chi connectivity index (χ2n) is 5.98. The maximum atomic E-state index is 12.1. The predicted molar refractivity (Wildman–Crippen MR) is 109 cm³/mol. The summed E-state index contributed by atoms with van der Waals surface area (Å²) in [6.07, 6.45) is 0. The van der Waals surface area contributed by atoms with Gasteiger partial charge in [0.15, 0.2) is 5.82 Å². The fourth-order valence-corrected chi connectivity index (χ4v) is 3.59. The summed E-state index contributed by atoms with van der Waals surface area (Å²) in [5.74, 6) is 1.18. The number of aromatic nitrogens is 2. The number of benzene rings is 2. The van der Waals surface area contributed by atoms with E-state index in [0.29, 0.717) is 33.7 Å². The van der Waals surface area contributed by atoms with Crippen molar-refractivity contribution >= 4 is 35.0 Å². The van der Waals surface area contributed by atoms with Gasteiger partial charge in [-0.15, -0.1) is 11.8 Å². The molecule has 142 valence electrons. The second kappa shape index (κ2) is 9.40. The van der Waals surface area contributed by atoms with Crippen LogP contribution >= 0.6 is 23.4 Å². The molecule has 1 heterocycles. The van der Waals surface area contributed by atoms with Crippen LogP contribution in [-0.2, 0) is 10.5 Å². The van der Waals surface area contributed by atoms with E-state index in [1.165, 1.54) is 11.8 Å². The highest BCUT2D eigenvalue weighted by molar-refractivity contribution is 7.99. The SMILES string of the molecule is Cc1nc(CSCC(=O)Nc2ccc(C(C#N)c3ccccc3)c(Cl)c2)no1. The number of aryl methyl sites for hydroxylation is 1. The topological polar surface area (TPSA) is 91.8 Å². The highest BCUT2D eigenvalue weighted by Crippen LogP contribution is 2.31. The molecule has 1 aromatic heterocycles. The molecule has 3 aromatic rings. The van der Waals surface area contributed by atoms with Crippen molar-refractivity contribution in [2.45, 2.75) is 18.6 Å². The lowest BCUT2D eigenvalue weighted by atomic mass is 9.92. The Bertz CT molecular complexity index is 1000. The van der Waals surface area contributed by atoms with Crippen molar-refractivity contribution in [2.24, 2.45) is 0 Å². The van der Waals surface area contributed by atoms with Gasteiger partial charge in [0.2, 0.25) is 11.8 Å². The van der Waals surface area contributed by atoms with Crippen molar-refractivity contribution in [1.29, 1.82) is 5.26 Å². The Balaban J connectivity index is 1.60. The third-order valence-corrected chi connectivity index (χ3v) is 5.15. The van der Waals surface area contributed by atoms with Crippen LogP contribution in [0.2, 0.25) is 5.02 Å². The number of amides is 1. The number of hydrogen-bond donors (Lipinski definition) is 1. The van der Waals surface area contributed by atoms with Crippen LogP contribution in [0.5, 0.6) is 0 Å². The maximum Gasteiger partial charge on any atom is 0.234 e. The van der Waals surface area contributed by atoms with Crippen LogP contribution in [0.3, 0.4) is 0 Å². The van der Waals surface area contributed by atoms with E-state index in [9.17, 15) is 10.1 Å². The highest BCUT2D eigenvalue weighted by Gasteiger charge is 2.17. The van der Waals surface area contributed by atoms with Gasteiger partial charge in [-0.25, -0.2) is 0 Å². The molecule has 0 fully saturated rings. The number of halogens is 1. The number of carbonyl (C=O) groups excluding carboxylic acids is 1. The van der Waals surface area contributed by atoms with Crippen LogP contribution in [0.4, 0.5) is 5.69 Å². The number of carbonyl (C=O) groups is 1. The van der Waals surface area contributed by atoms with Gasteiger partial charge in [0.25, 0.3) is 0 Å². The highest BCUT2D eigenvalue weighted by atomic mass is 35.5. The summed E-state index contributed by atoms with van der Waals surface area (Å²) in [6, 6.07) is 16.9. The van der Waals surface area contributed by atoms with Crippen LogP contribution < -0.4 is 5.32 Å². The number of thioether (sulfide) groups is 1. The minimum absolute atomic E-state index is 0.158. The molecule has 0 radical (unpaired) electrons. The first-order valence-electron chi connectivity index (χ1n) is 8.47. The van der Waals surface area contributed by atoms with Gasteiger partial charge >= 0.3 is 0 Å². The van der Waals surface area contributed by atoms with E-state index in [2.05, 4.69) is 21.5 Å². The number of anilines is 1. The molecule has 0 saturated carbocycles. The van der Waals surface area contributed by atoms with Crippen LogP contribution in [0.15, 0.2) is 53.1 Å². The lowest BCUT2D eigenvalue weighted by molar-refractivity contribution is -0.113. The summed E-state index contributed by atoms with van der Waals surface area (Å²) in [5.41, 5.74) is 2.16. The average Bonchev–Trinajstić information content (AvgIpc) is 3.10. The Kier molecular flexibility index (Phi) is 6.69. The summed E-state index contributed by atoms with van der Waals surface area (Å²) >= 11 is 7.78. The summed E-state index contributed by atoms with van der Waals surface area (Å²) in [6.45, 7) is 1.72. The lowest BCUT2D eigenvalue weighted by Gasteiger charge is -2.13. The van der Waals surface area contributed by atoms with Crippen LogP contribution in [0.1, 0.15) is 28.8 Å². The second-order valence-corrected chi connectivity index (χ2v) is 7.37. The van der Waals surface area contributed by atoms with Crippen molar-refractivity contribution in [1.82, 2.24) is 10.1 Å². The molecule has 1 unspecified atom stereocenters. The van der Waals surface area contributed by atoms with E-state index in [1.54, 1.807) is 25.1 Å². The third kappa shape index (κ3) is 5.12. The maximum absolute atomic E-state index is 12.1.